The molecule has 0 aromatic heterocycles. The average molecular weight is 439 g/mol. The van der Waals surface area contributed by atoms with Crippen molar-refractivity contribution in [2.75, 3.05) is 5.32 Å². The summed E-state index contributed by atoms with van der Waals surface area (Å²) in [4.78, 5) is 12.1. The van der Waals surface area contributed by atoms with Crippen molar-refractivity contribution in [3.8, 4) is 0 Å². The van der Waals surface area contributed by atoms with Gasteiger partial charge in [-0.2, -0.15) is 0 Å². The number of nitrogens with one attached hydrogen (secondary N) is 2. The smallest absolute Gasteiger partial charge is 0.245 e. The van der Waals surface area contributed by atoms with E-state index >= 15 is 0 Å². The third kappa shape index (κ3) is 6.61. The zero-order valence-electron chi connectivity index (χ0n) is 12.6. The summed E-state index contributed by atoms with van der Waals surface area (Å²) in [7, 11) is 0. The van der Waals surface area contributed by atoms with Crippen LogP contribution < -0.4 is 10.6 Å². The molecule has 2 rings (SSSR count). The van der Waals surface area contributed by atoms with Crippen molar-refractivity contribution >= 4 is 75.7 Å². The number of carbonyl (C=O) groups excluding carboxylic acids is 1. The molecule has 0 spiro atoms. The molecule has 0 aliphatic heterocycles. The summed E-state index contributed by atoms with van der Waals surface area (Å²) >= 11 is 29.7. The van der Waals surface area contributed by atoms with E-state index in [0.29, 0.717) is 15.7 Å². The maximum atomic E-state index is 12.1. The van der Waals surface area contributed by atoms with Crippen LogP contribution in [0.2, 0.25) is 10.0 Å². The van der Waals surface area contributed by atoms with Gasteiger partial charge >= 0.3 is 0 Å². The molecule has 0 radical (unpaired) electrons. The highest BCUT2D eigenvalue weighted by Gasteiger charge is 2.33. The van der Waals surface area contributed by atoms with Crippen LogP contribution >= 0.6 is 58.0 Å². The standard InChI is InChI=1S/C17H13Cl5N2O/c18-13-8-7-12(10-14(13)19)23-16(17(20,21)22)24-15(25)9-6-11-4-2-1-3-5-11/h1-10,16,23H,(H,24,25)/b9-6+. The SMILES string of the molecule is O=C(/C=C/c1ccccc1)NC(Nc1ccc(Cl)c(Cl)c1)C(Cl)(Cl)Cl. The van der Waals surface area contributed by atoms with Crippen LogP contribution in [0, 0.1) is 0 Å². The van der Waals surface area contributed by atoms with Crippen molar-refractivity contribution in [3.63, 3.8) is 0 Å². The van der Waals surface area contributed by atoms with Crippen molar-refractivity contribution in [1.29, 1.82) is 0 Å². The van der Waals surface area contributed by atoms with E-state index in [2.05, 4.69) is 10.6 Å². The molecule has 0 bridgehead atoms. The molecule has 0 aliphatic rings. The van der Waals surface area contributed by atoms with Crippen molar-refractivity contribution < 1.29 is 4.79 Å². The van der Waals surface area contributed by atoms with Crippen molar-refractivity contribution in [1.82, 2.24) is 5.32 Å². The molecule has 0 fully saturated rings. The van der Waals surface area contributed by atoms with Crippen LogP contribution in [-0.4, -0.2) is 15.9 Å². The van der Waals surface area contributed by atoms with Crippen LogP contribution in [0.3, 0.4) is 0 Å². The molecule has 132 valence electrons. The van der Waals surface area contributed by atoms with E-state index in [-0.39, 0.29) is 0 Å². The Kier molecular flexibility index (Phi) is 7.29. The Labute approximate surface area is 170 Å². The van der Waals surface area contributed by atoms with Crippen molar-refractivity contribution in [2.45, 2.75) is 9.96 Å². The summed E-state index contributed by atoms with van der Waals surface area (Å²) in [6, 6.07) is 14.2. The van der Waals surface area contributed by atoms with Crippen LogP contribution in [0.1, 0.15) is 5.56 Å². The van der Waals surface area contributed by atoms with Crippen molar-refractivity contribution in [3.05, 3.63) is 70.2 Å². The second kappa shape index (κ2) is 9.02. The molecular formula is C17H13Cl5N2O. The molecule has 0 saturated heterocycles. The number of hydrogen-bond donors (Lipinski definition) is 2. The van der Waals surface area contributed by atoms with Gasteiger partial charge in [-0.3, -0.25) is 4.79 Å². The Bertz CT molecular complexity index is 759. The lowest BCUT2D eigenvalue weighted by Gasteiger charge is -2.27. The Morgan fingerprint density at radius 1 is 1.00 bits per heavy atom. The fourth-order valence-corrected chi connectivity index (χ4v) is 2.50. The van der Waals surface area contributed by atoms with Gasteiger partial charge in [-0.25, -0.2) is 0 Å². The topological polar surface area (TPSA) is 41.1 Å². The van der Waals surface area contributed by atoms with Gasteiger partial charge < -0.3 is 10.6 Å². The molecule has 1 amide bonds. The molecular weight excluding hydrogens is 425 g/mol. The maximum absolute atomic E-state index is 12.1. The highest BCUT2D eigenvalue weighted by Crippen LogP contribution is 2.32. The minimum atomic E-state index is -1.79. The number of hydrogen-bond acceptors (Lipinski definition) is 2. The first-order valence-electron chi connectivity index (χ1n) is 7.07. The second-order valence-corrected chi connectivity index (χ2v) is 8.18. The van der Waals surface area contributed by atoms with E-state index in [9.17, 15) is 4.79 Å². The summed E-state index contributed by atoms with van der Waals surface area (Å²) < 4.78 is -1.79. The van der Waals surface area contributed by atoms with Crippen LogP contribution in [0.25, 0.3) is 6.08 Å². The van der Waals surface area contributed by atoms with Gasteiger partial charge in [0, 0.05) is 11.8 Å². The van der Waals surface area contributed by atoms with E-state index in [4.69, 9.17) is 58.0 Å². The first kappa shape index (κ1) is 20.2. The van der Waals surface area contributed by atoms with Crippen LogP contribution in [0.5, 0.6) is 0 Å². The molecule has 0 heterocycles. The maximum Gasteiger partial charge on any atom is 0.245 e. The number of benzene rings is 2. The molecule has 2 N–H and O–H groups in total. The first-order valence-corrected chi connectivity index (χ1v) is 8.96. The van der Waals surface area contributed by atoms with Gasteiger partial charge in [0.2, 0.25) is 9.70 Å². The largest absolute Gasteiger partial charge is 0.362 e. The number of alkyl halides is 3. The molecule has 2 aromatic carbocycles. The summed E-state index contributed by atoms with van der Waals surface area (Å²) in [5.74, 6) is -0.423. The zero-order chi connectivity index (χ0) is 18.4. The number of halogens is 5. The number of anilines is 1. The van der Waals surface area contributed by atoms with Crippen LogP contribution in [-0.2, 0) is 4.79 Å². The van der Waals surface area contributed by atoms with E-state index < -0.39 is 15.9 Å². The molecule has 2 aromatic rings. The van der Waals surface area contributed by atoms with Gasteiger partial charge in [-0.15, -0.1) is 0 Å². The molecule has 25 heavy (non-hydrogen) atoms. The number of carbonyl (C=O) groups is 1. The van der Waals surface area contributed by atoms with E-state index in [0.717, 1.165) is 5.56 Å². The summed E-state index contributed by atoms with van der Waals surface area (Å²) in [5.41, 5.74) is 1.42. The number of amides is 1. The zero-order valence-corrected chi connectivity index (χ0v) is 16.4. The molecule has 0 aliphatic carbocycles. The Balaban J connectivity index is 2.08. The molecule has 8 heteroatoms. The highest BCUT2D eigenvalue weighted by molar-refractivity contribution is 6.68. The van der Waals surface area contributed by atoms with Crippen LogP contribution in [0.15, 0.2) is 54.6 Å². The fraction of sp³-hybridized carbons (Fsp3) is 0.118. The Morgan fingerprint density at radius 2 is 1.68 bits per heavy atom. The van der Waals surface area contributed by atoms with Gasteiger partial charge in [0.15, 0.2) is 0 Å². The Hall–Kier alpha value is -1.10. The molecule has 3 nitrogen and oxygen atoms in total. The average Bonchev–Trinajstić information content (AvgIpc) is 2.56. The second-order valence-electron chi connectivity index (χ2n) is 5.00. The lowest BCUT2D eigenvalue weighted by atomic mass is 10.2. The molecule has 1 unspecified atom stereocenters. The van der Waals surface area contributed by atoms with Gasteiger partial charge in [0.05, 0.1) is 10.0 Å². The van der Waals surface area contributed by atoms with E-state index in [1.807, 2.05) is 30.3 Å². The molecule has 0 saturated carbocycles. The lowest BCUT2D eigenvalue weighted by Crippen LogP contribution is -2.48. The van der Waals surface area contributed by atoms with Crippen molar-refractivity contribution in [2.24, 2.45) is 0 Å². The van der Waals surface area contributed by atoms with Crippen LogP contribution in [0.4, 0.5) is 5.69 Å². The summed E-state index contributed by atoms with van der Waals surface area (Å²) in [6.45, 7) is 0. The highest BCUT2D eigenvalue weighted by atomic mass is 35.6. The van der Waals surface area contributed by atoms with Gasteiger partial charge in [-0.1, -0.05) is 88.3 Å². The minimum Gasteiger partial charge on any atom is -0.362 e. The van der Waals surface area contributed by atoms with Gasteiger partial charge in [0.1, 0.15) is 6.17 Å². The fourth-order valence-electron chi connectivity index (χ4n) is 1.88. The van der Waals surface area contributed by atoms with E-state index in [1.54, 1.807) is 24.3 Å². The third-order valence-electron chi connectivity index (χ3n) is 3.07. The summed E-state index contributed by atoms with van der Waals surface area (Å²) in [5, 5.41) is 6.25. The predicted molar refractivity (Wildman–Crippen MR) is 108 cm³/mol. The Morgan fingerprint density at radius 3 is 2.28 bits per heavy atom. The molecule has 1 atom stereocenters. The first-order chi connectivity index (χ1) is 11.8. The van der Waals surface area contributed by atoms with E-state index in [1.165, 1.54) is 6.08 Å². The monoisotopic (exact) mass is 436 g/mol. The predicted octanol–water partition coefficient (Wildman–Crippen LogP) is 5.93. The lowest BCUT2D eigenvalue weighted by molar-refractivity contribution is -0.116. The number of rotatable bonds is 5. The normalized spacial score (nSPS) is 12.8. The minimum absolute atomic E-state index is 0.338. The third-order valence-corrected chi connectivity index (χ3v) is 4.46. The van der Waals surface area contributed by atoms with Gasteiger partial charge in [0.25, 0.3) is 0 Å². The van der Waals surface area contributed by atoms with Gasteiger partial charge in [-0.05, 0) is 29.8 Å². The quantitative estimate of drug-likeness (QED) is 0.345. The summed E-state index contributed by atoms with van der Waals surface area (Å²) in [6.07, 6.45) is 2.03.